The molecule has 2 N–H and O–H groups in total. The van der Waals surface area contributed by atoms with E-state index in [0.29, 0.717) is 29.8 Å². The number of thiophene rings is 1. The summed E-state index contributed by atoms with van der Waals surface area (Å²) in [5.74, 6) is -0.597. The van der Waals surface area contributed by atoms with Crippen molar-refractivity contribution >= 4 is 52.3 Å². The monoisotopic (exact) mass is 615 g/mol. The zero-order valence-corrected chi connectivity index (χ0v) is 25.6. The van der Waals surface area contributed by atoms with Gasteiger partial charge in [-0.1, -0.05) is 41.4 Å². The standard InChI is InChI=1S/C30H35Cl2N5O3S/c1-20-16-25(31)35-28(32)27(20)30(40)33-12-8-21(2)36-13-9-24(10-14-36)37(18-22-11-15-41-19-22)26(38)17-34-29(39)23-6-4-3-5-7-23/h3-7,11,15-16,19,21,24H,8-10,12-14,17-18H2,1-2H3,(H,33,40)(H,34,39). The lowest BCUT2D eigenvalue weighted by atomic mass is 10.00. The first-order valence-corrected chi connectivity index (χ1v) is 15.4. The molecule has 3 amide bonds. The number of nitrogens with one attached hydrogen (secondary N) is 2. The van der Waals surface area contributed by atoms with E-state index in [0.717, 1.165) is 37.9 Å². The van der Waals surface area contributed by atoms with Crippen molar-refractivity contribution in [1.29, 1.82) is 0 Å². The molecule has 4 rings (SSSR count). The van der Waals surface area contributed by atoms with Crippen LogP contribution in [0.15, 0.2) is 53.2 Å². The Kier molecular flexibility index (Phi) is 11.2. The van der Waals surface area contributed by atoms with Crippen LogP contribution in [0.3, 0.4) is 0 Å². The first-order chi connectivity index (χ1) is 19.7. The minimum Gasteiger partial charge on any atom is -0.352 e. The molecule has 0 aliphatic carbocycles. The van der Waals surface area contributed by atoms with Crippen LogP contribution in [0.2, 0.25) is 10.3 Å². The molecule has 1 aliphatic heterocycles. The van der Waals surface area contributed by atoms with Gasteiger partial charge in [0.25, 0.3) is 11.8 Å². The maximum atomic E-state index is 13.3. The molecule has 0 spiro atoms. The molecule has 218 valence electrons. The summed E-state index contributed by atoms with van der Waals surface area (Å²) in [5.41, 5.74) is 2.66. The summed E-state index contributed by atoms with van der Waals surface area (Å²) in [5, 5.41) is 10.2. The number of aryl methyl sites for hydroxylation is 1. The summed E-state index contributed by atoms with van der Waals surface area (Å²) in [6.45, 7) is 6.61. The molecule has 1 aromatic carbocycles. The predicted molar refractivity (Wildman–Crippen MR) is 164 cm³/mol. The maximum absolute atomic E-state index is 13.3. The molecule has 0 radical (unpaired) electrons. The smallest absolute Gasteiger partial charge is 0.254 e. The third kappa shape index (κ3) is 8.52. The van der Waals surface area contributed by atoms with Crippen LogP contribution in [0.5, 0.6) is 0 Å². The number of hydrogen-bond acceptors (Lipinski definition) is 6. The van der Waals surface area contributed by atoms with Crippen molar-refractivity contribution in [2.24, 2.45) is 0 Å². The van der Waals surface area contributed by atoms with Crippen LogP contribution in [-0.4, -0.2) is 70.8 Å². The van der Waals surface area contributed by atoms with E-state index in [9.17, 15) is 14.4 Å². The van der Waals surface area contributed by atoms with E-state index >= 15 is 0 Å². The Labute approximate surface area is 255 Å². The summed E-state index contributed by atoms with van der Waals surface area (Å²) in [4.78, 5) is 46.8. The highest BCUT2D eigenvalue weighted by atomic mass is 35.5. The van der Waals surface area contributed by atoms with Crippen LogP contribution in [0, 0.1) is 6.92 Å². The normalized spacial score (nSPS) is 14.8. The number of halogens is 2. The van der Waals surface area contributed by atoms with Crippen molar-refractivity contribution in [3.05, 3.63) is 85.8 Å². The molecule has 0 bridgehead atoms. The molecule has 2 aromatic heterocycles. The van der Waals surface area contributed by atoms with Gasteiger partial charge in [0.05, 0.1) is 12.1 Å². The molecule has 1 aliphatic rings. The van der Waals surface area contributed by atoms with Crippen LogP contribution in [0.25, 0.3) is 0 Å². The molecule has 3 heterocycles. The number of rotatable bonds is 11. The molecule has 1 atom stereocenters. The Balaban J connectivity index is 1.28. The number of carbonyl (C=O) groups is 3. The first kappa shape index (κ1) is 31.0. The highest BCUT2D eigenvalue weighted by Gasteiger charge is 2.30. The third-order valence-corrected chi connectivity index (χ3v) is 8.67. The summed E-state index contributed by atoms with van der Waals surface area (Å²) < 4.78 is 0. The largest absolute Gasteiger partial charge is 0.352 e. The number of benzene rings is 1. The van der Waals surface area contributed by atoms with Gasteiger partial charge in [0, 0.05) is 43.8 Å². The summed E-state index contributed by atoms with van der Waals surface area (Å²) in [6, 6.07) is 12.9. The number of amides is 3. The number of carbonyl (C=O) groups excluding carboxylic acids is 3. The lowest BCUT2D eigenvalue weighted by molar-refractivity contribution is -0.134. The Bertz CT molecular complexity index is 1310. The van der Waals surface area contributed by atoms with Crippen LogP contribution < -0.4 is 10.6 Å². The number of hydrogen-bond donors (Lipinski definition) is 2. The predicted octanol–water partition coefficient (Wildman–Crippen LogP) is 5.19. The number of piperidine rings is 1. The van der Waals surface area contributed by atoms with Crippen molar-refractivity contribution in [2.75, 3.05) is 26.2 Å². The molecule has 0 saturated carbocycles. The second-order valence-corrected chi connectivity index (χ2v) is 11.8. The second kappa shape index (κ2) is 14.8. The van der Waals surface area contributed by atoms with E-state index < -0.39 is 0 Å². The average Bonchev–Trinajstić information content (AvgIpc) is 3.48. The van der Waals surface area contributed by atoms with E-state index in [-0.39, 0.29) is 46.7 Å². The Morgan fingerprint density at radius 3 is 2.49 bits per heavy atom. The quantitative estimate of drug-likeness (QED) is 0.290. The fourth-order valence-corrected chi connectivity index (χ4v) is 6.40. The topological polar surface area (TPSA) is 94.6 Å². The molecule has 1 saturated heterocycles. The van der Waals surface area contributed by atoms with Crippen molar-refractivity contribution in [2.45, 2.75) is 51.7 Å². The van der Waals surface area contributed by atoms with Gasteiger partial charge < -0.3 is 20.4 Å². The van der Waals surface area contributed by atoms with Crippen molar-refractivity contribution in [3.8, 4) is 0 Å². The average molecular weight is 617 g/mol. The van der Waals surface area contributed by atoms with Gasteiger partial charge in [0.2, 0.25) is 5.91 Å². The lowest BCUT2D eigenvalue weighted by Gasteiger charge is -2.41. The molecular weight excluding hydrogens is 581 g/mol. The molecular formula is C30H35Cl2N5O3S. The minimum absolute atomic E-state index is 0.0409. The zero-order valence-electron chi connectivity index (χ0n) is 23.2. The second-order valence-electron chi connectivity index (χ2n) is 10.3. The van der Waals surface area contributed by atoms with Gasteiger partial charge in [0.15, 0.2) is 0 Å². The Morgan fingerprint density at radius 1 is 1.10 bits per heavy atom. The van der Waals surface area contributed by atoms with Crippen LogP contribution in [0.4, 0.5) is 0 Å². The fourth-order valence-electron chi connectivity index (χ4n) is 5.12. The summed E-state index contributed by atoms with van der Waals surface area (Å²) in [7, 11) is 0. The number of aromatic nitrogens is 1. The number of pyridine rings is 1. The number of nitrogens with zero attached hydrogens (tertiary/aromatic N) is 3. The molecule has 8 nitrogen and oxygen atoms in total. The zero-order chi connectivity index (χ0) is 29.4. The summed E-state index contributed by atoms with van der Waals surface area (Å²) in [6.07, 6.45) is 2.45. The third-order valence-electron chi connectivity index (χ3n) is 7.47. The van der Waals surface area contributed by atoms with Gasteiger partial charge in [-0.3, -0.25) is 14.4 Å². The van der Waals surface area contributed by atoms with Crippen molar-refractivity contribution in [1.82, 2.24) is 25.4 Å². The molecule has 3 aromatic rings. The highest BCUT2D eigenvalue weighted by Crippen LogP contribution is 2.23. The van der Waals surface area contributed by atoms with Gasteiger partial charge >= 0.3 is 0 Å². The first-order valence-electron chi connectivity index (χ1n) is 13.7. The van der Waals surface area contributed by atoms with E-state index in [4.69, 9.17) is 23.2 Å². The van der Waals surface area contributed by atoms with Gasteiger partial charge in [-0.25, -0.2) is 4.98 Å². The van der Waals surface area contributed by atoms with Crippen LogP contribution >= 0.6 is 34.5 Å². The van der Waals surface area contributed by atoms with Crippen molar-refractivity contribution in [3.63, 3.8) is 0 Å². The van der Waals surface area contributed by atoms with Crippen LogP contribution in [0.1, 0.15) is 58.0 Å². The summed E-state index contributed by atoms with van der Waals surface area (Å²) >= 11 is 13.7. The number of likely N-dealkylation sites (tertiary alicyclic amines) is 1. The van der Waals surface area contributed by atoms with E-state index in [2.05, 4.69) is 32.8 Å². The van der Waals surface area contributed by atoms with Gasteiger partial charge in [-0.2, -0.15) is 11.3 Å². The molecule has 41 heavy (non-hydrogen) atoms. The Morgan fingerprint density at radius 2 is 1.83 bits per heavy atom. The van der Waals surface area contributed by atoms with Gasteiger partial charge in [0.1, 0.15) is 10.3 Å². The van der Waals surface area contributed by atoms with Crippen LogP contribution in [-0.2, 0) is 11.3 Å². The minimum atomic E-state index is -0.260. The van der Waals surface area contributed by atoms with E-state index in [1.165, 1.54) is 0 Å². The molecule has 11 heteroatoms. The van der Waals surface area contributed by atoms with E-state index in [1.807, 2.05) is 22.4 Å². The molecule has 1 unspecified atom stereocenters. The van der Waals surface area contributed by atoms with Crippen molar-refractivity contribution < 1.29 is 14.4 Å². The molecule has 1 fully saturated rings. The van der Waals surface area contributed by atoms with Gasteiger partial charge in [-0.15, -0.1) is 0 Å². The SMILES string of the molecule is Cc1cc(Cl)nc(Cl)c1C(=O)NCCC(C)N1CCC(N(Cc2ccsc2)C(=O)CNC(=O)c2ccccc2)CC1. The van der Waals surface area contributed by atoms with E-state index in [1.54, 1.807) is 48.6 Å². The highest BCUT2D eigenvalue weighted by molar-refractivity contribution is 7.07. The fraction of sp³-hybridized carbons (Fsp3) is 0.400. The Hall–Kier alpha value is -2.98. The van der Waals surface area contributed by atoms with Gasteiger partial charge in [-0.05, 0) is 79.3 Å². The lowest BCUT2D eigenvalue weighted by Crippen LogP contribution is -2.51. The maximum Gasteiger partial charge on any atom is 0.254 e.